The van der Waals surface area contributed by atoms with Crippen LogP contribution in [0.15, 0.2) is 12.3 Å². The summed E-state index contributed by atoms with van der Waals surface area (Å²) >= 11 is 0. The molecule has 0 saturated carbocycles. The fourth-order valence-electron chi connectivity index (χ4n) is 3.19. The van der Waals surface area contributed by atoms with Crippen LogP contribution >= 0.6 is 0 Å². The molecule has 0 aromatic carbocycles. The van der Waals surface area contributed by atoms with Gasteiger partial charge in [0.2, 0.25) is 0 Å². The zero-order valence-corrected chi connectivity index (χ0v) is 14.5. The Kier molecular flexibility index (Phi) is 4.07. The topological polar surface area (TPSA) is 60.6 Å². The maximum atomic E-state index is 4.63. The molecule has 0 atom stereocenters. The van der Waals surface area contributed by atoms with Gasteiger partial charge in [-0.05, 0) is 25.8 Å². The summed E-state index contributed by atoms with van der Waals surface area (Å²) in [6.07, 6.45) is 3.81. The van der Waals surface area contributed by atoms with Gasteiger partial charge in [-0.1, -0.05) is 13.8 Å². The van der Waals surface area contributed by atoms with Gasteiger partial charge in [-0.2, -0.15) is 10.2 Å². The molecular weight excluding hydrogens is 288 g/mol. The van der Waals surface area contributed by atoms with Crippen LogP contribution in [0.25, 0.3) is 11.0 Å². The van der Waals surface area contributed by atoms with Crippen molar-refractivity contribution in [2.45, 2.75) is 40.2 Å². The number of nitrogens with one attached hydrogen (secondary N) is 1. The SMILES string of the molecule is CCc1nn(C)c(CC)c1CNc1cnc2c(c1)c(C)nn2C. The number of fused-ring (bicyclic) bond motifs is 1. The second kappa shape index (κ2) is 6.02. The van der Waals surface area contributed by atoms with Gasteiger partial charge >= 0.3 is 0 Å². The van der Waals surface area contributed by atoms with Crippen molar-refractivity contribution in [2.24, 2.45) is 14.1 Å². The Hall–Kier alpha value is -2.37. The van der Waals surface area contributed by atoms with Crippen LogP contribution < -0.4 is 5.32 Å². The first kappa shape index (κ1) is 15.5. The van der Waals surface area contributed by atoms with Crippen LogP contribution in [0, 0.1) is 6.92 Å². The zero-order valence-electron chi connectivity index (χ0n) is 14.5. The molecule has 6 nitrogen and oxygen atoms in total. The quantitative estimate of drug-likeness (QED) is 0.787. The van der Waals surface area contributed by atoms with E-state index in [1.165, 1.54) is 17.0 Å². The van der Waals surface area contributed by atoms with Gasteiger partial charge in [0.1, 0.15) is 0 Å². The van der Waals surface area contributed by atoms with Gasteiger partial charge in [-0.3, -0.25) is 9.36 Å². The van der Waals surface area contributed by atoms with Gasteiger partial charge in [0.15, 0.2) is 5.65 Å². The Labute approximate surface area is 136 Å². The molecule has 23 heavy (non-hydrogen) atoms. The van der Waals surface area contributed by atoms with Gasteiger partial charge in [-0.15, -0.1) is 0 Å². The average Bonchev–Trinajstić information content (AvgIpc) is 3.01. The molecule has 3 rings (SSSR count). The Balaban J connectivity index is 1.88. The van der Waals surface area contributed by atoms with Gasteiger partial charge in [0.25, 0.3) is 0 Å². The van der Waals surface area contributed by atoms with Crippen molar-refractivity contribution >= 4 is 16.7 Å². The molecule has 0 aliphatic carbocycles. The molecule has 6 heteroatoms. The predicted octanol–water partition coefficient (Wildman–Crippen LogP) is 2.75. The highest BCUT2D eigenvalue weighted by molar-refractivity contribution is 5.81. The monoisotopic (exact) mass is 312 g/mol. The molecule has 3 heterocycles. The van der Waals surface area contributed by atoms with Crippen LogP contribution in [0.3, 0.4) is 0 Å². The number of nitrogens with zero attached hydrogens (tertiary/aromatic N) is 5. The number of pyridine rings is 1. The zero-order chi connectivity index (χ0) is 16.6. The van der Waals surface area contributed by atoms with Crippen molar-refractivity contribution in [2.75, 3.05) is 5.32 Å². The van der Waals surface area contributed by atoms with Gasteiger partial charge in [0.05, 0.1) is 23.3 Å². The molecule has 122 valence electrons. The summed E-state index contributed by atoms with van der Waals surface area (Å²) in [4.78, 5) is 4.52. The Morgan fingerprint density at radius 2 is 1.87 bits per heavy atom. The molecule has 1 N–H and O–H groups in total. The Morgan fingerprint density at radius 3 is 2.57 bits per heavy atom. The number of hydrogen-bond donors (Lipinski definition) is 1. The van der Waals surface area contributed by atoms with E-state index in [0.717, 1.165) is 41.8 Å². The lowest BCUT2D eigenvalue weighted by Gasteiger charge is -2.09. The first-order chi connectivity index (χ1) is 11.0. The highest BCUT2D eigenvalue weighted by atomic mass is 15.3. The second-order valence-electron chi connectivity index (χ2n) is 5.86. The van der Waals surface area contributed by atoms with Gasteiger partial charge in [0, 0.05) is 37.3 Å². The van der Waals surface area contributed by atoms with Gasteiger partial charge in [-0.25, -0.2) is 4.98 Å². The Morgan fingerprint density at radius 1 is 1.09 bits per heavy atom. The second-order valence-corrected chi connectivity index (χ2v) is 5.86. The Bertz CT molecular complexity index is 843. The highest BCUT2D eigenvalue weighted by Crippen LogP contribution is 2.21. The van der Waals surface area contributed by atoms with Crippen molar-refractivity contribution in [3.05, 3.63) is 34.9 Å². The highest BCUT2D eigenvalue weighted by Gasteiger charge is 2.14. The van der Waals surface area contributed by atoms with Crippen LogP contribution in [0.2, 0.25) is 0 Å². The fraction of sp³-hybridized carbons (Fsp3) is 0.471. The normalized spacial score (nSPS) is 11.3. The molecule has 0 amide bonds. The van der Waals surface area contributed by atoms with Crippen molar-refractivity contribution in [1.82, 2.24) is 24.5 Å². The van der Waals surface area contributed by atoms with E-state index in [1.54, 1.807) is 0 Å². The summed E-state index contributed by atoms with van der Waals surface area (Å²) in [6.45, 7) is 7.11. The summed E-state index contributed by atoms with van der Waals surface area (Å²) in [5.41, 5.74) is 6.70. The molecular formula is C17H24N6. The third-order valence-corrected chi connectivity index (χ3v) is 4.36. The molecule has 0 unspecified atom stereocenters. The minimum absolute atomic E-state index is 0.771. The van der Waals surface area contributed by atoms with Crippen LogP contribution in [-0.2, 0) is 33.5 Å². The summed E-state index contributed by atoms with van der Waals surface area (Å²) in [5, 5.41) is 13.6. The third kappa shape index (κ3) is 2.69. The van der Waals surface area contributed by atoms with Crippen molar-refractivity contribution < 1.29 is 0 Å². The predicted molar refractivity (Wildman–Crippen MR) is 92.5 cm³/mol. The lowest BCUT2D eigenvalue weighted by molar-refractivity contribution is 0.703. The molecule has 0 radical (unpaired) electrons. The van der Waals surface area contributed by atoms with E-state index in [9.17, 15) is 0 Å². The van der Waals surface area contributed by atoms with E-state index in [-0.39, 0.29) is 0 Å². The van der Waals surface area contributed by atoms with Crippen molar-refractivity contribution in [1.29, 1.82) is 0 Å². The summed E-state index contributed by atoms with van der Waals surface area (Å²) < 4.78 is 3.82. The largest absolute Gasteiger partial charge is 0.380 e. The number of rotatable bonds is 5. The van der Waals surface area contributed by atoms with Crippen LogP contribution in [0.4, 0.5) is 5.69 Å². The molecule has 0 aliphatic rings. The van der Waals surface area contributed by atoms with Crippen LogP contribution in [0.5, 0.6) is 0 Å². The van der Waals surface area contributed by atoms with E-state index < -0.39 is 0 Å². The van der Waals surface area contributed by atoms with Crippen molar-refractivity contribution in [3.8, 4) is 0 Å². The van der Waals surface area contributed by atoms with E-state index in [4.69, 9.17) is 0 Å². The number of hydrogen-bond acceptors (Lipinski definition) is 4. The minimum Gasteiger partial charge on any atom is -0.380 e. The lowest BCUT2D eigenvalue weighted by atomic mass is 10.1. The molecule has 0 saturated heterocycles. The molecule has 0 fully saturated rings. The van der Waals surface area contributed by atoms with E-state index in [2.05, 4.69) is 40.4 Å². The minimum atomic E-state index is 0.771. The van der Waals surface area contributed by atoms with E-state index >= 15 is 0 Å². The molecule has 3 aromatic heterocycles. The molecule has 0 bridgehead atoms. The fourth-order valence-corrected chi connectivity index (χ4v) is 3.19. The standard InChI is InChI=1S/C17H24N6/c1-6-15-14(16(7-2)22(4)21-15)10-18-12-8-13-11(3)20-23(5)17(13)19-9-12/h8-9,18H,6-7,10H2,1-5H3. The maximum absolute atomic E-state index is 4.63. The van der Waals surface area contributed by atoms with E-state index in [1.807, 2.05) is 36.6 Å². The third-order valence-electron chi connectivity index (χ3n) is 4.36. The maximum Gasteiger partial charge on any atom is 0.157 e. The number of aryl methyl sites for hydroxylation is 4. The van der Waals surface area contributed by atoms with E-state index in [0.29, 0.717) is 0 Å². The molecule has 0 spiro atoms. The van der Waals surface area contributed by atoms with Crippen LogP contribution in [0.1, 0.15) is 36.5 Å². The van der Waals surface area contributed by atoms with Crippen LogP contribution in [-0.4, -0.2) is 24.5 Å². The lowest BCUT2D eigenvalue weighted by Crippen LogP contribution is -2.05. The molecule has 3 aromatic rings. The number of aromatic nitrogens is 5. The number of anilines is 1. The summed E-state index contributed by atoms with van der Waals surface area (Å²) in [5.74, 6) is 0. The average molecular weight is 312 g/mol. The first-order valence-corrected chi connectivity index (χ1v) is 8.12. The van der Waals surface area contributed by atoms with Crippen molar-refractivity contribution in [3.63, 3.8) is 0 Å². The first-order valence-electron chi connectivity index (χ1n) is 8.12. The van der Waals surface area contributed by atoms with Gasteiger partial charge < -0.3 is 5.32 Å². The smallest absolute Gasteiger partial charge is 0.157 e. The summed E-state index contributed by atoms with van der Waals surface area (Å²) in [6, 6.07) is 2.12. The molecule has 0 aliphatic heterocycles. The summed E-state index contributed by atoms with van der Waals surface area (Å²) in [7, 11) is 3.94.